The fraction of sp³-hybridized carbons (Fsp3) is 0.364. The molecule has 0 aliphatic carbocycles. The molecule has 2 aromatic heterocycles. The van der Waals surface area contributed by atoms with Crippen molar-refractivity contribution in [3.63, 3.8) is 0 Å². The zero-order chi connectivity index (χ0) is 12.4. The Morgan fingerprint density at radius 2 is 2.24 bits per heavy atom. The van der Waals surface area contributed by atoms with Crippen molar-refractivity contribution in [2.75, 3.05) is 0 Å². The van der Waals surface area contributed by atoms with Crippen molar-refractivity contribution in [3.8, 4) is 0 Å². The summed E-state index contributed by atoms with van der Waals surface area (Å²) < 4.78 is 0.684. The fourth-order valence-electron chi connectivity index (χ4n) is 1.50. The summed E-state index contributed by atoms with van der Waals surface area (Å²) in [6.45, 7) is 3.96. The van der Waals surface area contributed by atoms with Crippen LogP contribution in [0, 0.1) is 10.5 Å². The molecule has 4 nitrogen and oxygen atoms in total. The van der Waals surface area contributed by atoms with Crippen molar-refractivity contribution in [2.45, 2.75) is 26.7 Å². The van der Waals surface area contributed by atoms with E-state index in [1.807, 2.05) is 41.8 Å². The van der Waals surface area contributed by atoms with E-state index >= 15 is 0 Å². The third kappa shape index (κ3) is 2.92. The molecule has 2 aromatic rings. The molecule has 17 heavy (non-hydrogen) atoms. The first-order valence-electron chi connectivity index (χ1n) is 5.28. The van der Waals surface area contributed by atoms with Gasteiger partial charge in [0, 0.05) is 11.1 Å². The molecule has 0 aromatic carbocycles. The molecule has 2 rings (SSSR count). The molecule has 1 N–H and O–H groups in total. The predicted molar refractivity (Wildman–Crippen MR) is 76.6 cm³/mol. The van der Waals surface area contributed by atoms with Crippen LogP contribution in [0.2, 0.25) is 0 Å². The number of H-pyrrole nitrogens is 1. The van der Waals surface area contributed by atoms with Gasteiger partial charge in [-0.3, -0.25) is 4.79 Å². The minimum Gasteiger partial charge on any atom is -0.309 e. The molecule has 2 heterocycles. The minimum atomic E-state index is -0.0549. The second-order valence-corrected chi connectivity index (χ2v) is 5.71. The van der Waals surface area contributed by atoms with Crippen molar-refractivity contribution in [3.05, 3.63) is 41.5 Å². The Labute approximate surface area is 117 Å². The third-order valence-electron chi connectivity index (χ3n) is 2.30. The molecule has 0 fully saturated rings. The third-order valence-corrected chi connectivity index (χ3v) is 4.38. The van der Waals surface area contributed by atoms with Crippen LogP contribution in [0.4, 0.5) is 0 Å². The number of rotatable bonds is 3. The van der Waals surface area contributed by atoms with Gasteiger partial charge in [-0.25, -0.2) is 9.97 Å². The first-order chi connectivity index (χ1) is 8.10. The van der Waals surface area contributed by atoms with Gasteiger partial charge >= 0.3 is 0 Å². The SMILES string of the molecule is CCc1nc(Cc2nc(C)cs2)[nH]c(=O)c1I. The van der Waals surface area contributed by atoms with Crippen LogP contribution in [0.5, 0.6) is 0 Å². The van der Waals surface area contributed by atoms with E-state index in [1.54, 1.807) is 11.3 Å². The van der Waals surface area contributed by atoms with Gasteiger partial charge in [0.15, 0.2) is 0 Å². The van der Waals surface area contributed by atoms with E-state index in [1.165, 1.54) is 0 Å². The summed E-state index contributed by atoms with van der Waals surface area (Å²) >= 11 is 3.63. The van der Waals surface area contributed by atoms with Crippen molar-refractivity contribution in [1.29, 1.82) is 0 Å². The van der Waals surface area contributed by atoms with Crippen LogP contribution in [0.25, 0.3) is 0 Å². The van der Waals surface area contributed by atoms with Crippen molar-refractivity contribution in [1.82, 2.24) is 15.0 Å². The Kier molecular flexibility index (Phi) is 3.93. The van der Waals surface area contributed by atoms with Gasteiger partial charge in [0.1, 0.15) is 10.8 Å². The van der Waals surface area contributed by atoms with Crippen LogP contribution in [-0.2, 0) is 12.8 Å². The lowest BCUT2D eigenvalue weighted by molar-refractivity contribution is 0.870. The van der Waals surface area contributed by atoms with Gasteiger partial charge in [0.2, 0.25) is 0 Å². The molecule has 90 valence electrons. The maximum absolute atomic E-state index is 11.7. The summed E-state index contributed by atoms with van der Waals surface area (Å²) in [5, 5.41) is 2.98. The standard InChI is InChI=1S/C11H12IN3OS/c1-3-7-10(12)11(16)15-8(14-7)4-9-13-6(2)5-17-9/h5H,3-4H2,1-2H3,(H,14,15,16). The molecule has 6 heteroatoms. The van der Waals surface area contributed by atoms with Gasteiger partial charge < -0.3 is 4.98 Å². The topological polar surface area (TPSA) is 58.6 Å². The molecule has 0 saturated carbocycles. The van der Waals surface area contributed by atoms with E-state index in [9.17, 15) is 4.79 Å². The van der Waals surface area contributed by atoms with E-state index in [0.717, 1.165) is 22.8 Å². The molecule has 0 unspecified atom stereocenters. The highest BCUT2D eigenvalue weighted by Crippen LogP contribution is 2.13. The summed E-state index contributed by atoms with van der Waals surface area (Å²) in [5.41, 5.74) is 1.81. The van der Waals surface area contributed by atoms with Crippen LogP contribution in [0.3, 0.4) is 0 Å². The number of nitrogens with one attached hydrogen (secondary N) is 1. The van der Waals surface area contributed by atoms with E-state index in [2.05, 4.69) is 15.0 Å². The molecule has 0 aliphatic heterocycles. The van der Waals surface area contributed by atoms with Gasteiger partial charge in [0.25, 0.3) is 5.56 Å². The Morgan fingerprint density at radius 1 is 1.47 bits per heavy atom. The van der Waals surface area contributed by atoms with Crippen LogP contribution in [0.15, 0.2) is 10.2 Å². The summed E-state index contributed by atoms with van der Waals surface area (Å²) in [7, 11) is 0. The van der Waals surface area contributed by atoms with E-state index < -0.39 is 0 Å². The molecule has 0 saturated heterocycles. The number of aromatic nitrogens is 3. The molecule has 0 atom stereocenters. The zero-order valence-corrected chi connectivity index (χ0v) is 12.6. The van der Waals surface area contributed by atoms with Crippen molar-refractivity contribution >= 4 is 33.9 Å². The van der Waals surface area contributed by atoms with Gasteiger partial charge in [0.05, 0.1) is 15.7 Å². The van der Waals surface area contributed by atoms with E-state index in [-0.39, 0.29) is 5.56 Å². The average Bonchev–Trinajstić information content (AvgIpc) is 2.69. The molecular weight excluding hydrogens is 349 g/mol. The van der Waals surface area contributed by atoms with Crippen LogP contribution >= 0.6 is 33.9 Å². The highest BCUT2D eigenvalue weighted by atomic mass is 127. The van der Waals surface area contributed by atoms with Gasteiger partial charge in [-0.05, 0) is 35.9 Å². The number of aromatic amines is 1. The normalized spacial score (nSPS) is 10.8. The molecule has 0 radical (unpaired) electrons. The lowest BCUT2D eigenvalue weighted by Crippen LogP contribution is -2.18. The first kappa shape index (κ1) is 12.7. The van der Waals surface area contributed by atoms with Crippen LogP contribution in [0.1, 0.15) is 29.1 Å². The number of hydrogen-bond acceptors (Lipinski definition) is 4. The predicted octanol–water partition coefficient (Wildman–Crippen LogP) is 2.29. The number of hydrogen-bond donors (Lipinski definition) is 1. The summed E-state index contributed by atoms with van der Waals surface area (Å²) in [6.07, 6.45) is 1.36. The quantitative estimate of drug-likeness (QED) is 0.854. The van der Waals surface area contributed by atoms with Gasteiger partial charge in [-0.1, -0.05) is 6.92 Å². The number of nitrogens with zero attached hydrogens (tertiary/aromatic N) is 2. The number of halogens is 1. The Morgan fingerprint density at radius 3 is 2.82 bits per heavy atom. The average molecular weight is 361 g/mol. The monoisotopic (exact) mass is 361 g/mol. The first-order valence-corrected chi connectivity index (χ1v) is 7.24. The van der Waals surface area contributed by atoms with Crippen LogP contribution in [-0.4, -0.2) is 15.0 Å². The highest BCUT2D eigenvalue weighted by molar-refractivity contribution is 14.1. The summed E-state index contributed by atoms with van der Waals surface area (Å²) in [4.78, 5) is 23.3. The van der Waals surface area contributed by atoms with Gasteiger partial charge in [-0.2, -0.15) is 0 Å². The number of aryl methyl sites for hydroxylation is 2. The van der Waals surface area contributed by atoms with Crippen molar-refractivity contribution < 1.29 is 0 Å². The molecule has 0 bridgehead atoms. The Hall–Kier alpha value is -0.760. The Balaban J connectivity index is 2.33. The van der Waals surface area contributed by atoms with E-state index in [0.29, 0.717) is 15.8 Å². The molecule has 0 aliphatic rings. The lowest BCUT2D eigenvalue weighted by Gasteiger charge is -2.03. The van der Waals surface area contributed by atoms with Crippen LogP contribution < -0.4 is 5.56 Å². The Bertz CT molecular complexity index is 591. The highest BCUT2D eigenvalue weighted by Gasteiger charge is 2.09. The molecule has 0 spiro atoms. The maximum atomic E-state index is 11.7. The minimum absolute atomic E-state index is 0.0549. The second kappa shape index (κ2) is 5.26. The summed E-state index contributed by atoms with van der Waals surface area (Å²) in [6, 6.07) is 0. The summed E-state index contributed by atoms with van der Waals surface area (Å²) in [5.74, 6) is 0.696. The van der Waals surface area contributed by atoms with Crippen molar-refractivity contribution in [2.24, 2.45) is 0 Å². The van der Waals surface area contributed by atoms with Gasteiger partial charge in [-0.15, -0.1) is 11.3 Å². The number of thiazole rings is 1. The molecular formula is C11H12IN3OS. The zero-order valence-electron chi connectivity index (χ0n) is 9.58. The second-order valence-electron chi connectivity index (χ2n) is 3.69. The largest absolute Gasteiger partial charge is 0.309 e. The lowest BCUT2D eigenvalue weighted by atomic mass is 10.3. The van der Waals surface area contributed by atoms with E-state index in [4.69, 9.17) is 0 Å². The fourth-order valence-corrected chi connectivity index (χ4v) is 2.91. The maximum Gasteiger partial charge on any atom is 0.264 e. The smallest absolute Gasteiger partial charge is 0.264 e. The molecule has 0 amide bonds.